The van der Waals surface area contributed by atoms with Crippen molar-refractivity contribution in [3.63, 3.8) is 0 Å². The highest BCUT2D eigenvalue weighted by Gasteiger charge is 2.49. The summed E-state index contributed by atoms with van der Waals surface area (Å²) in [6.45, 7) is 10.7. The molecule has 1 aliphatic heterocycles. The van der Waals surface area contributed by atoms with Gasteiger partial charge >= 0.3 is 5.97 Å². The molecular formula is C13H20O3. The number of ketones is 1. The quantitative estimate of drug-likeness (QED) is 0.420. The summed E-state index contributed by atoms with van der Waals surface area (Å²) >= 11 is 0. The zero-order valence-corrected chi connectivity index (χ0v) is 10.4. The minimum absolute atomic E-state index is 0.0235. The van der Waals surface area contributed by atoms with Crippen LogP contribution < -0.4 is 0 Å². The number of cyclic esters (lactones) is 1. The van der Waals surface area contributed by atoms with Crippen molar-refractivity contribution in [3.8, 4) is 0 Å². The van der Waals surface area contributed by atoms with E-state index in [0.717, 1.165) is 6.42 Å². The Bertz CT molecular complexity index is 317. The molecule has 3 heteroatoms. The molecule has 3 atom stereocenters. The lowest BCUT2D eigenvalue weighted by Gasteiger charge is -2.38. The maximum absolute atomic E-state index is 12.0. The van der Waals surface area contributed by atoms with Crippen LogP contribution in [-0.2, 0) is 14.3 Å². The van der Waals surface area contributed by atoms with Gasteiger partial charge in [-0.15, -0.1) is 6.58 Å². The standard InChI is InChI=1S/C13H20O3/c1-6-7-8(2)10-9(3)11(14)13(4,5)12(15)16-10/h6,8-10H,1,7H2,2-5H3/t8-,9+,10?/m0/s1. The van der Waals surface area contributed by atoms with Crippen LogP contribution in [0.2, 0.25) is 0 Å². The summed E-state index contributed by atoms with van der Waals surface area (Å²) < 4.78 is 5.39. The molecule has 3 nitrogen and oxygen atoms in total. The first-order chi connectivity index (χ1) is 7.32. The molecule has 0 saturated carbocycles. The van der Waals surface area contributed by atoms with Gasteiger partial charge in [-0.3, -0.25) is 9.59 Å². The number of hydrogen-bond acceptors (Lipinski definition) is 3. The second kappa shape index (κ2) is 4.40. The molecule has 0 radical (unpaired) electrons. The summed E-state index contributed by atoms with van der Waals surface area (Å²) in [5, 5.41) is 0. The molecule has 1 rings (SSSR count). The second-order valence-corrected chi connectivity index (χ2v) is 5.15. The molecule has 0 bridgehead atoms. The van der Waals surface area contributed by atoms with E-state index in [0.29, 0.717) is 0 Å². The lowest BCUT2D eigenvalue weighted by Crippen LogP contribution is -2.51. The van der Waals surface area contributed by atoms with Crippen LogP contribution in [0, 0.1) is 17.3 Å². The molecule has 1 unspecified atom stereocenters. The Morgan fingerprint density at radius 2 is 2.06 bits per heavy atom. The number of ether oxygens (including phenoxy) is 1. The van der Waals surface area contributed by atoms with Crippen molar-refractivity contribution < 1.29 is 14.3 Å². The first-order valence-corrected chi connectivity index (χ1v) is 5.68. The molecule has 1 saturated heterocycles. The van der Waals surface area contributed by atoms with Crippen LogP contribution in [0.1, 0.15) is 34.1 Å². The van der Waals surface area contributed by atoms with Gasteiger partial charge in [-0.25, -0.2) is 0 Å². The molecule has 90 valence electrons. The number of Topliss-reactive ketones (excluding diaryl/α,β-unsaturated/α-hetero) is 1. The molecule has 16 heavy (non-hydrogen) atoms. The number of esters is 1. The fourth-order valence-electron chi connectivity index (χ4n) is 2.20. The van der Waals surface area contributed by atoms with Crippen molar-refractivity contribution in [2.75, 3.05) is 0 Å². The second-order valence-electron chi connectivity index (χ2n) is 5.15. The summed E-state index contributed by atoms with van der Waals surface area (Å²) in [5.74, 6) is -0.527. The molecule has 0 amide bonds. The average Bonchev–Trinajstić information content (AvgIpc) is 2.21. The van der Waals surface area contributed by atoms with Crippen molar-refractivity contribution in [2.45, 2.75) is 40.2 Å². The maximum atomic E-state index is 12.0. The molecule has 0 aromatic heterocycles. The van der Waals surface area contributed by atoms with E-state index in [1.54, 1.807) is 19.9 Å². The van der Waals surface area contributed by atoms with Gasteiger partial charge < -0.3 is 4.74 Å². The highest BCUT2D eigenvalue weighted by molar-refractivity contribution is 6.05. The van der Waals surface area contributed by atoms with E-state index < -0.39 is 11.4 Å². The first-order valence-electron chi connectivity index (χ1n) is 5.68. The highest BCUT2D eigenvalue weighted by atomic mass is 16.5. The van der Waals surface area contributed by atoms with Crippen molar-refractivity contribution in [2.24, 2.45) is 17.3 Å². The zero-order valence-electron chi connectivity index (χ0n) is 10.4. The van der Waals surface area contributed by atoms with Crippen LogP contribution in [-0.4, -0.2) is 17.9 Å². The number of allylic oxidation sites excluding steroid dienone is 1. The molecule has 1 fully saturated rings. The van der Waals surface area contributed by atoms with E-state index >= 15 is 0 Å². The summed E-state index contributed by atoms with van der Waals surface area (Å²) in [7, 11) is 0. The molecular weight excluding hydrogens is 204 g/mol. The fraction of sp³-hybridized carbons (Fsp3) is 0.692. The zero-order chi connectivity index (χ0) is 12.5. The van der Waals surface area contributed by atoms with E-state index in [9.17, 15) is 9.59 Å². The average molecular weight is 224 g/mol. The van der Waals surface area contributed by atoms with Crippen molar-refractivity contribution in [1.29, 1.82) is 0 Å². The van der Waals surface area contributed by atoms with Gasteiger partial charge in [0.05, 0.1) is 5.92 Å². The van der Waals surface area contributed by atoms with Crippen LogP contribution in [0.15, 0.2) is 12.7 Å². The van der Waals surface area contributed by atoms with Gasteiger partial charge in [0.2, 0.25) is 0 Å². The van der Waals surface area contributed by atoms with Gasteiger partial charge in [0.15, 0.2) is 5.78 Å². The molecule has 1 aliphatic rings. The molecule has 0 aromatic rings. The molecule has 0 aliphatic carbocycles. The SMILES string of the molecule is C=CC[C@H](C)C1OC(=O)C(C)(C)C(=O)[C@@H]1C. The fourth-order valence-corrected chi connectivity index (χ4v) is 2.20. The van der Waals surface area contributed by atoms with Crippen LogP contribution >= 0.6 is 0 Å². The Balaban J connectivity index is 2.89. The Morgan fingerprint density at radius 1 is 1.50 bits per heavy atom. The first kappa shape index (κ1) is 12.9. The number of rotatable bonds is 3. The lowest BCUT2D eigenvalue weighted by molar-refractivity contribution is -0.180. The molecule has 0 spiro atoms. The monoisotopic (exact) mass is 224 g/mol. The van der Waals surface area contributed by atoms with Crippen LogP contribution in [0.3, 0.4) is 0 Å². The number of hydrogen-bond donors (Lipinski definition) is 0. The van der Waals surface area contributed by atoms with E-state index in [1.807, 2.05) is 13.8 Å². The maximum Gasteiger partial charge on any atom is 0.319 e. The van der Waals surface area contributed by atoms with E-state index in [1.165, 1.54) is 0 Å². The van der Waals surface area contributed by atoms with Gasteiger partial charge in [-0.1, -0.05) is 19.9 Å². The minimum atomic E-state index is -0.996. The third kappa shape index (κ3) is 2.04. The smallest absolute Gasteiger partial charge is 0.319 e. The number of carbonyl (C=O) groups is 2. The van der Waals surface area contributed by atoms with Crippen molar-refractivity contribution in [1.82, 2.24) is 0 Å². The molecule has 1 heterocycles. The normalized spacial score (nSPS) is 30.8. The highest BCUT2D eigenvalue weighted by Crippen LogP contribution is 2.35. The van der Waals surface area contributed by atoms with Crippen molar-refractivity contribution in [3.05, 3.63) is 12.7 Å². The Kier molecular flexibility index (Phi) is 3.56. The van der Waals surface area contributed by atoms with E-state index in [-0.39, 0.29) is 23.7 Å². The van der Waals surface area contributed by atoms with E-state index in [2.05, 4.69) is 6.58 Å². The summed E-state index contributed by atoms with van der Waals surface area (Å²) in [6.07, 6.45) is 2.22. The van der Waals surface area contributed by atoms with Crippen LogP contribution in [0.4, 0.5) is 0 Å². The van der Waals surface area contributed by atoms with Crippen molar-refractivity contribution >= 4 is 11.8 Å². The van der Waals surface area contributed by atoms with Crippen LogP contribution in [0.5, 0.6) is 0 Å². The Hall–Kier alpha value is -1.12. The molecule has 0 N–H and O–H groups in total. The predicted octanol–water partition coefficient (Wildman–Crippen LogP) is 2.36. The number of carbonyl (C=O) groups excluding carboxylic acids is 2. The third-order valence-electron chi connectivity index (χ3n) is 3.38. The van der Waals surface area contributed by atoms with Gasteiger partial charge in [-0.2, -0.15) is 0 Å². The Labute approximate surface area is 96.9 Å². The summed E-state index contributed by atoms with van der Waals surface area (Å²) in [5.41, 5.74) is -0.996. The Morgan fingerprint density at radius 3 is 2.56 bits per heavy atom. The predicted molar refractivity (Wildman–Crippen MR) is 61.8 cm³/mol. The molecule has 0 aromatic carbocycles. The van der Waals surface area contributed by atoms with Gasteiger partial charge in [0.1, 0.15) is 11.5 Å². The third-order valence-corrected chi connectivity index (χ3v) is 3.38. The van der Waals surface area contributed by atoms with Crippen LogP contribution in [0.25, 0.3) is 0 Å². The van der Waals surface area contributed by atoms with Gasteiger partial charge in [0, 0.05) is 0 Å². The van der Waals surface area contributed by atoms with Gasteiger partial charge in [-0.05, 0) is 26.2 Å². The lowest BCUT2D eigenvalue weighted by atomic mass is 9.74. The summed E-state index contributed by atoms with van der Waals surface area (Å²) in [4.78, 5) is 23.8. The summed E-state index contributed by atoms with van der Waals surface area (Å²) in [6, 6.07) is 0. The van der Waals surface area contributed by atoms with Gasteiger partial charge in [0.25, 0.3) is 0 Å². The topological polar surface area (TPSA) is 43.4 Å². The minimum Gasteiger partial charge on any atom is -0.461 e. The van der Waals surface area contributed by atoms with E-state index in [4.69, 9.17) is 4.74 Å². The largest absolute Gasteiger partial charge is 0.461 e.